The number of urea groups is 1. The predicted octanol–water partition coefficient (Wildman–Crippen LogP) is 2.71. The number of hydrogen-bond acceptors (Lipinski definition) is 8. The summed E-state index contributed by atoms with van der Waals surface area (Å²) in [5.74, 6) is 0.940. The Morgan fingerprint density at radius 2 is 1.91 bits per heavy atom. The van der Waals surface area contributed by atoms with Gasteiger partial charge in [-0.05, 0) is 36.2 Å². The molecule has 3 heterocycles. The second-order valence-corrected chi connectivity index (χ2v) is 8.21. The van der Waals surface area contributed by atoms with Crippen molar-refractivity contribution in [3.63, 3.8) is 0 Å². The number of anilines is 1. The van der Waals surface area contributed by atoms with E-state index in [0.29, 0.717) is 24.4 Å². The van der Waals surface area contributed by atoms with Crippen molar-refractivity contribution in [1.82, 2.24) is 25.4 Å². The van der Waals surface area contributed by atoms with Crippen LogP contribution in [-0.4, -0.2) is 57.8 Å². The van der Waals surface area contributed by atoms with Gasteiger partial charge in [-0.1, -0.05) is 30.4 Å². The molecule has 3 amide bonds. The molecule has 3 aromatic rings. The Morgan fingerprint density at radius 1 is 1.11 bits per heavy atom. The van der Waals surface area contributed by atoms with E-state index in [-0.39, 0.29) is 29.2 Å². The molecule has 1 fully saturated rings. The number of aromatic nitrogens is 3. The molecule has 0 saturated carbocycles. The van der Waals surface area contributed by atoms with E-state index < -0.39 is 5.54 Å². The van der Waals surface area contributed by atoms with Gasteiger partial charge >= 0.3 is 6.03 Å². The van der Waals surface area contributed by atoms with Crippen LogP contribution in [0.5, 0.6) is 11.6 Å². The number of benzene rings is 1. The largest absolute Gasteiger partial charge is 0.497 e. The van der Waals surface area contributed by atoms with Gasteiger partial charge in [-0.15, -0.1) is 10.2 Å². The molecule has 180 valence electrons. The van der Waals surface area contributed by atoms with Crippen molar-refractivity contribution < 1.29 is 19.1 Å². The van der Waals surface area contributed by atoms with E-state index in [0.717, 1.165) is 11.3 Å². The Kier molecular flexibility index (Phi) is 7.16. The van der Waals surface area contributed by atoms with E-state index in [1.807, 2.05) is 24.3 Å². The average Bonchev–Trinajstić information content (AvgIpc) is 3.12. The molecule has 1 atom stereocenters. The van der Waals surface area contributed by atoms with Crippen molar-refractivity contribution in [3.05, 3.63) is 72.1 Å². The first kappa shape index (κ1) is 24.0. The zero-order valence-electron chi connectivity index (χ0n) is 19.2. The third-order valence-corrected chi connectivity index (χ3v) is 6.20. The number of amides is 3. The molecule has 4 rings (SSSR count). The first-order valence-corrected chi connectivity index (χ1v) is 11.2. The van der Waals surface area contributed by atoms with Crippen LogP contribution < -0.4 is 20.1 Å². The van der Waals surface area contributed by atoms with Crippen molar-refractivity contribution in [2.24, 2.45) is 0 Å². The molecule has 2 aromatic heterocycles. The number of rotatable bonds is 9. The smallest absolute Gasteiger partial charge is 0.323 e. The zero-order chi connectivity index (χ0) is 24.8. The van der Waals surface area contributed by atoms with E-state index >= 15 is 0 Å². The summed E-state index contributed by atoms with van der Waals surface area (Å²) in [6.07, 6.45) is 3.66. The van der Waals surface area contributed by atoms with Crippen LogP contribution in [0.25, 0.3) is 0 Å². The fourth-order valence-electron chi connectivity index (χ4n) is 3.98. The van der Waals surface area contributed by atoms with Crippen LogP contribution in [0, 0.1) is 0 Å². The topological polar surface area (TPSA) is 119 Å². The van der Waals surface area contributed by atoms with Crippen molar-refractivity contribution in [1.29, 1.82) is 0 Å². The Morgan fingerprint density at radius 3 is 2.54 bits per heavy atom. The number of hydrogen-bond donors (Lipinski definition) is 2. The predicted molar refractivity (Wildman–Crippen MR) is 132 cm³/mol. The van der Waals surface area contributed by atoms with Gasteiger partial charge in [0.1, 0.15) is 16.3 Å². The van der Waals surface area contributed by atoms with E-state index in [1.165, 1.54) is 7.11 Å². The number of carbonyl (C=O) groups is 2. The maximum Gasteiger partial charge on any atom is 0.323 e. The summed E-state index contributed by atoms with van der Waals surface area (Å²) in [5, 5.41) is 13.3. The minimum atomic E-state index is -1.21. The van der Waals surface area contributed by atoms with Crippen molar-refractivity contribution >= 4 is 35.0 Å². The summed E-state index contributed by atoms with van der Waals surface area (Å²) in [6.45, 7) is 0.322. The summed E-state index contributed by atoms with van der Waals surface area (Å²) < 4.78 is 10.2. The molecule has 0 radical (unpaired) electrons. The minimum absolute atomic E-state index is 0.132. The molecule has 1 aromatic carbocycles. The normalized spacial score (nSPS) is 17.1. The highest BCUT2D eigenvalue weighted by molar-refractivity contribution is 7.80. The Labute approximate surface area is 207 Å². The molecule has 1 aliphatic heterocycles. The Balaban J connectivity index is 1.61. The molecule has 1 aliphatic rings. The number of nitrogens with one attached hydrogen (secondary N) is 2. The van der Waals surface area contributed by atoms with Gasteiger partial charge in [-0.3, -0.25) is 15.1 Å². The third kappa shape index (κ3) is 5.04. The van der Waals surface area contributed by atoms with Gasteiger partial charge in [0.2, 0.25) is 11.8 Å². The molecule has 0 bridgehead atoms. The second-order valence-electron chi connectivity index (χ2n) is 7.80. The standard InChI is InChI=1S/C24H24N6O4S/c1-33-18-7-5-16(6-8-18)11-13-30-23(32)27-22(35)24(30,17-4-3-12-25-15-17)14-20(31)26-19-9-10-21(34-2)29-28-19/h3-10,12,15H,11,13-14H2,1-2H3,(H,26,28,31)(H,27,32,35). The van der Waals surface area contributed by atoms with E-state index in [9.17, 15) is 9.59 Å². The lowest BCUT2D eigenvalue weighted by Gasteiger charge is -2.36. The first-order chi connectivity index (χ1) is 17.0. The van der Waals surface area contributed by atoms with Crippen LogP contribution >= 0.6 is 12.2 Å². The lowest BCUT2D eigenvalue weighted by atomic mass is 9.86. The summed E-state index contributed by atoms with van der Waals surface area (Å²) in [7, 11) is 3.08. The number of nitrogens with zero attached hydrogens (tertiary/aromatic N) is 4. The molecule has 10 nitrogen and oxygen atoms in total. The molecule has 1 unspecified atom stereocenters. The van der Waals surface area contributed by atoms with Crippen LogP contribution in [0.3, 0.4) is 0 Å². The average molecular weight is 493 g/mol. The second kappa shape index (κ2) is 10.4. The molecule has 11 heteroatoms. The van der Waals surface area contributed by atoms with Crippen molar-refractivity contribution in [3.8, 4) is 11.6 Å². The van der Waals surface area contributed by atoms with Crippen LogP contribution in [0.1, 0.15) is 17.5 Å². The highest BCUT2D eigenvalue weighted by atomic mass is 32.1. The van der Waals surface area contributed by atoms with Gasteiger partial charge in [-0.2, -0.15) is 0 Å². The number of thiocarbonyl (C=S) groups is 1. The maximum absolute atomic E-state index is 13.2. The molecular formula is C24H24N6O4S. The Hall–Kier alpha value is -4.12. The summed E-state index contributed by atoms with van der Waals surface area (Å²) in [6, 6.07) is 14.0. The number of carbonyl (C=O) groups excluding carboxylic acids is 2. The fourth-order valence-corrected chi connectivity index (χ4v) is 4.36. The van der Waals surface area contributed by atoms with Gasteiger partial charge in [0.25, 0.3) is 0 Å². The quantitative estimate of drug-likeness (QED) is 0.438. The molecule has 0 spiro atoms. The highest BCUT2D eigenvalue weighted by Gasteiger charge is 2.52. The van der Waals surface area contributed by atoms with E-state index in [4.69, 9.17) is 21.7 Å². The van der Waals surface area contributed by atoms with Gasteiger partial charge in [-0.25, -0.2) is 4.79 Å². The maximum atomic E-state index is 13.2. The number of methoxy groups -OCH3 is 2. The molecule has 0 aliphatic carbocycles. The van der Waals surface area contributed by atoms with Crippen molar-refractivity contribution in [2.75, 3.05) is 26.1 Å². The summed E-state index contributed by atoms with van der Waals surface area (Å²) >= 11 is 5.63. The first-order valence-electron chi connectivity index (χ1n) is 10.8. The Bertz CT molecular complexity index is 1210. The number of ether oxygens (including phenoxy) is 2. The highest BCUT2D eigenvalue weighted by Crippen LogP contribution is 2.37. The van der Waals surface area contributed by atoms with Gasteiger partial charge in [0, 0.05) is 30.6 Å². The summed E-state index contributed by atoms with van der Waals surface area (Å²) in [5.41, 5.74) is 0.431. The molecule has 1 saturated heterocycles. The van der Waals surface area contributed by atoms with Gasteiger partial charge in [0.05, 0.1) is 20.6 Å². The fraction of sp³-hybridized carbons (Fsp3) is 0.250. The van der Waals surface area contributed by atoms with E-state index in [2.05, 4.69) is 25.8 Å². The molecule has 35 heavy (non-hydrogen) atoms. The van der Waals surface area contributed by atoms with Crippen molar-refractivity contribution in [2.45, 2.75) is 18.4 Å². The zero-order valence-corrected chi connectivity index (χ0v) is 20.0. The lowest BCUT2D eigenvalue weighted by molar-refractivity contribution is -0.117. The SMILES string of the molecule is COc1ccc(CCN2C(=O)NC(=S)C2(CC(=O)Nc2ccc(OC)nn2)c2cccnc2)cc1. The molecular weight excluding hydrogens is 468 g/mol. The minimum Gasteiger partial charge on any atom is -0.497 e. The van der Waals surface area contributed by atoms with E-state index in [1.54, 1.807) is 48.7 Å². The van der Waals surface area contributed by atoms with Crippen LogP contribution in [0.15, 0.2) is 60.9 Å². The van der Waals surface area contributed by atoms with Crippen LogP contribution in [0.4, 0.5) is 10.6 Å². The lowest BCUT2D eigenvalue weighted by Crippen LogP contribution is -2.49. The van der Waals surface area contributed by atoms with Crippen LogP contribution in [0.2, 0.25) is 0 Å². The van der Waals surface area contributed by atoms with Gasteiger partial charge < -0.3 is 19.7 Å². The third-order valence-electron chi connectivity index (χ3n) is 5.76. The number of pyridine rings is 1. The van der Waals surface area contributed by atoms with Gasteiger partial charge in [0.15, 0.2) is 5.82 Å². The monoisotopic (exact) mass is 492 g/mol. The summed E-state index contributed by atoms with van der Waals surface area (Å²) in [4.78, 5) is 32.2. The van der Waals surface area contributed by atoms with Crippen LogP contribution in [-0.2, 0) is 16.8 Å². The molecule has 2 N–H and O–H groups in total.